The molecule has 0 bridgehead atoms. The van der Waals surface area contributed by atoms with Gasteiger partial charge in [-0.3, -0.25) is 4.79 Å². The third kappa shape index (κ3) is 3.23. The number of phenols is 1. The fourth-order valence-corrected chi connectivity index (χ4v) is 2.26. The molecule has 0 atom stereocenters. The standard InChI is InChI=1S/C14H20N2O2S/c1-4-14(5-2,13(15)19)16-12(18)10-6-7-11(17)9(3)8-10/h6-8,17H,4-5H2,1-3H3,(H2,15,19)(H,16,18). The van der Waals surface area contributed by atoms with Crippen molar-refractivity contribution < 1.29 is 9.90 Å². The largest absolute Gasteiger partial charge is 0.508 e. The molecule has 0 heterocycles. The zero-order valence-corrected chi connectivity index (χ0v) is 12.3. The predicted molar refractivity (Wildman–Crippen MR) is 80.4 cm³/mol. The van der Waals surface area contributed by atoms with E-state index in [-0.39, 0.29) is 11.7 Å². The van der Waals surface area contributed by atoms with Crippen molar-refractivity contribution in [3.63, 3.8) is 0 Å². The molecule has 1 amide bonds. The molecule has 1 rings (SSSR count). The first kappa shape index (κ1) is 15.4. The van der Waals surface area contributed by atoms with Crippen molar-refractivity contribution in [3.05, 3.63) is 29.3 Å². The highest BCUT2D eigenvalue weighted by molar-refractivity contribution is 7.80. The summed E-state index contributed by atoms with van der Waals surface area (Å²) < 4.78 is 0. The van der Waals surface area contributed by atoms with Gasteiger partial charge in [0.05, 0.1) is 10.5 Å². The second-order valence-electron chi connectivity index (χ2n) is 4.61. The number of thiocarbonyl (C=S) groups is 1. The normalized spacial score (nSPS) is 11.1. The number of hydrogen-bond acceptors (Lipinski definition) is 3. The molecule has 0 radical (unpaired) electrons. The first-order valence-corrected chi connectivity index (χ1v) is 6.69. The number of nitrogens with one attached hydrogen (secondary N) is 1. The lowest BCUT2D eigenvalue weighted by molar-refractivity contribution is 0.0919. The monoisotopic (exact) mass is 280 g/mol. The van der Waals surface area contributed by atoms with Crippen LogP contribution in [0.4, 0.5) is 0 Å². The lowest BCUT2D eigenvalue weighted by atomic mass is 9.92. The van der Waals surface area contributed by atoms with E-state index in [0.29, 0.717) is 29.0 Å². The number of amides is 1. The van der Waals surface area contributed by atoms with Gasteiger partial charge in [0.25, 0.3) is 5.91 Å². The Kier molecular flexibility index (Phi) is 4.89. The molecule has 0 unspecified atom stereocenters. The first-order valence-electron chi connectivity index (χ1n) is 6.28. The van der Waals surface area contributed by atoms with Crippen LogP contribution in [0.15, 0.2) is 18.2 Å². The van der Waals surface area contributed by atoms with Crippen LogP contribution in [0.25, 0.3) is 0 Å². The summed E-state index contributed by atoms with van der Waals surface area (Å²) in [5.41, 5.74) is 6.23. The highest BCUT2D eigenvalue weighted by Gasteiger charge is 2.31. The van der Waals surface area contributed by atoms with Crippen LogP contribution in [0.5, 0.6) is 5.75 Å². The number of carbonyl (C=O) groups excluding carboxylic acids is 1. The molecule has 0 fully saturated rings. The van der Waals surface area contributed by atoms with Gasteiger partial charge in [0.15, 0.2) is 0 Å². The van der Waals surface area contributed by atoms with Crippen molar-refractivity contribution in [2.45, 2.75) is 39.2 Å². The zero-order chi connectivity index (χ0) is 14.6. The number of phenolic OH excluding ortho intramolecular Hbond substituents is 1. The number of carbonyl (C=O) groups is 1. The Labute approximate surface area is 119 Å². The van der Waals surface area contributed by atoms with Crippen LogP contribution >= 0.6 is 12.2 Å². The third-order valence-electron chi connectivity index (χ3n) is 3.49. The van der Waals surface area contributed by atoms with Gasteiger partial charge < -0.3 is 16.2 Å². The third-order valence-corrected chi connectivity index (χ3v) is 3.88. The highest BCUT2D eigenvalue weighted by Crippen LogP contribution is 2.20. The molecule has 1 aromatic rings. The summed E-state index contributed by atoms with van der Waals surface area (Å²) in [6, 6.07) is 4.72. The number of nitrogens with two attached hydrogens (primary N) is 1. The van der Waals surface area contributed by atoms with Crippen LogP contribution in [0.1, 0.15) is 42.6 Å². The Balaban J connectivity index is 3.00. The maximum Gasteiger partial charge on any atom is 0.252 e. The summed E-state index contributed by atoms with van der Waals surface area (Å²) >= 11 is 5.07. The number of rotatable bonds is 5. The lowest BCUT2D eigenvalue weighted by Crippen LogP contribution is -2.55. The molecule has 19 heavy (non-hydrogen) atoms. The van der Waals surface area contributed by atoms with Gasteiger partial charge >= 0.3 is 0 Å². The van der Waals surface area contributed by atoms with E-state index in [4.69, 9.17) is 18.0 Å². The Morgan fingerprint density at radius 2 is 2.00 bits per heavy atom. The van der Waals surface area contributed by atoms with Gasteiger partial charge in [-0.2, -0.15) is 0 Å². The smallest absolute Gasteiger partial charge is 0.252 e. The average Bonchev–Trinajstić information content (AvgIpc) is 2.38. The Morgan fingerprint density at radius 1 is 1.42 bits per heavy atom. The van der Waals surface area contributed by atoms with Gasteiger partial charge in [-0.15, -0.1) is 0 Å². The molecule has 0 aliphatic carbocycles. The Bertz CT molecular complexity index is 496. The first-order chi connectivity index (χ1) is 8.86. The minimum Gasteiger partial charge on any atom is -0.508 e. The van der Waals surface area contributed by atoms with Gasteiger partial charge in [-0.05, 0) is 43.5 Å². The molecule has 1 aromatic carbocycles. The van der Waals surface area contributed by atoms with Crippen LogP contribution in [0, 0.1) is 6.92 Å². The number of benzene rings is 1. The molecule has 0 aliphatic rings. The van der Waals surface area contributed by atoms with E-state index in [1.54, 1.807) is 19.1 Å². The lowest BCUT2D eigenvalue weighted by Gasteiger charge is -2.31. The average molecular weight is 280 g/mol. The maximum atomic E-state index is 12.2. The summed E-state index contributed by atoms with van der Waals surface area (Å²) in [5.74, 6) is -0.0669. The quantitative estimate of drug-likeness (QED) is 0.723. The van der Waals surface area contributed by atoms with Crippen molar-refractivity contribution in [2.75, 3.05) is 0 Å². The molecular formula is C14H20N2O2S. The Hall–Kier alpha value is -1.62. The molecule has 4 N–H and O–H groups in total. The number of hydrogen-bond donors (Lipinski definition) is 3. The van der Waals surface area contributed by atoms with Crippen molar-refractivity contribution in [2.24, 2.45) is 5.73 Å². The van der Waals surface area contributed by atoms with Crippen LogP contribution in [-0.2, 0) is 0 Å². The van der Waals surface area contributed by atoms with Crippen molar-refractivity contribution in [3.8, 4) is 5.75 Å². The Morgan fingerprint density at radius 3 is 2.42 bits per heavy atom. The molecule has 0 aromatic heterocycles. The van der Waals surface area contributed by atoms with Crippen molar-refractivity contribution >= 4 is 23.1 Å². The maximum absolute atomic E-state index is 12.2. The zero-order valence-electron chi connectivity index (χ0n) is 11.5. The van der Waals surface area contributed by atoms with E-state index in [0.717, 1.165) is 0 Å². The van der Waals surface area contributed by atoms with Gasteiger partial charge in [-0.1, -0.05) is 26.1 Å². The molecule has 0 saturated heterocycles. The predicted octanol–water partition coefficient (Wildman–Crippen LogP) is 2.28. The van der Waals surface area contributed by atoms with Crippen LogP contribution in [0.3, 0.4) is 0 Å². The molecule has 0 saturated carbocycles. The van der Waals surface area contributed by atoms with Gasteiger partial charge in [-0.25, -0.2) is 0 Å². The van der Waals surface area contributed by atoms with Crippen molar-refractivity contribution in [1.82, 2.24) is 5.32 Å². The minimum atomic E-state index is -0.655. The summed E-state index contributed by atoms with van der Waals surface area (Å²) in [5, 5.41) is 12.4. The number of aryl methyl sites for hydroxylation is 1. The summed E-state index contributed by atoms with van der Waals surface area (Å²) in [7, 11) is 0. The second kappa shape index (κ2) is 6.02. The van der Waals surface area contributed by atoms with E-state index in [1.807, 2.05) is 13.8 Å². The molecule has 104 valence electrons. The van der Waals surface area contributed by atoms with Crippen LogP contribution in [0.2, 0.25) is 0 Å². The molecule has 4 nitrogen and oxygen atoms in total. The summed E-state index contributed by atoms with van der Waals surface area (Å²) in [6.07, 6.45) is 1.28. The van der Waals surface area contributed by atoms with Gasteiger partial charge in [0.1, 0.15) is 5.75 Å². The molecular weight excluding hydrogens is 260 g/mol. The second-order valence-corrected chi connectivity index (χ2v) is 5.05. The van der Waals surface area contributed by atoms with E-state index in [2.05, 4.69) is 5.32 Å². The van der Waals surface area contributed by atoms with E-state index in [9.17, 15) is 9.90 Å². The topological polar surface area (TPSA) is 75.3 Å². The van der Waals surface area contributed by atoms with Crippen LogP contribution in [-0.4, -0.2) is 21.5 Å². The molecule has 0 aliphatic heterocycles. The fourth-order valence-electron chi connectivity index (χ4n) is 1.92. The van der Waals surface area contributed by atoms with Crippen molar-refractivity contribution in [1.29, 1.82) is 0 Å². The van der Waals surface area contributed by atoms with Gasteiger partial charge in [0.2, 0.25) is 0 Å². The highest BCUT2D eigenvalue weighted by atomic mass is 32.1. The van der Waals surface area contributed by atoms with Crippen LogP contribution < -0.4 is 11.1 Å². The fraction of sp³-hybridized carbons (Fsp3) is 0.429. The van der Waals surface area contributed by atoms with E-state index in [1.165, 1.54) is 6.07 Å². The minimum absolute atomic E-state index is 0.170. The molecule has 0 spiro atoms. The summed E-state index contributed by atoms with van der Waals surface area (Å²) in [6.45, 7) is 5.61. The summed E-state index contributed by atoms with van der Waals surface area (Å²) in [4.78, 5) is 12.5. The SMILES string of the molecule is CCC(CC)(NC(=O)c1ccc(O)c(C)c1)C(N)=S. The van der Waals surface area contributed by atoms with E-state index >= 15 is 0 Å². The van der Waals surface area contributed by atoms with E-state index < -0.39 is 5.54 Å². The molecule has 5 heteroatoms. The number of aromatic hydroxyl groups is 1. The van der Waals surface area contributed by atoms with Gasteiger partial charge in [0, 0.05) is 5.56 Å².